The number of hydrogen-bond acceptors (Lipinski definition) is 5. The molecule has 0 radical (unpaired) electrons. The van der Waals surface area contributed by atoms with E-state index in [-0.39, 0.29) is 17.4 Å². The molecule has 5 rings (SSSR count). The Kier molecular flexibility index (Phi) is 6.91. The quantitative estimate of drug-likeness (QED) is 0.224. The first-order chi connectivity index (χ1) is 17.6. The summed E-state index contributed by atoms with van der Waals surface area (Å²) in [6, 6.07) is 33.2. The van der Waals surface area contributed by atoms with Gasteiger partial charge in [-0.2, -0.15) is 10.2 Å². The van der Waals surface area contributed by atoms with Gasteiger partial charge in [0.2, 0.25) is 0 Å². The molecule has 1 amide bonds. The van der Waals surface area contributed by atoms with Crippen molar-refractivity contribution in [1.29, 1.82) is 0 Å². The average Bonchev–Trinajstić information content (AvgIpc) is 3.37. The highest BCUT2D eigenvalue weighted by atomic mass is 79.9. The summed E-state index contributed by atoms with van der Waals surface area (Å²) in [5.74, 6) is -0.600. The lowest BCUT2D eigenvalue weighted by Gasteiger charge is -2.24. The predicted molar refractivity (Wildman–Crippen MR) is 147 cm³/mol. The van der Waals surface area contributed by atoms with Gasteiger partial charge in [0, 0.05) is 10.9 Å². The summed E-state index contributed by atoms with van der Waals surface area (Å²) < 4.78 is 0.693. The van der Waals surface area contributed by atoms with Crippen LogP contribution in [-0.2, 0) is 0 Å². The molecule has 0 aromatic heterocycles. The van der Waals surface area contributed by atoms with Crippen LogP contribution in [0.4, 0.5) is 5.69 Å². The Labute approximate surface area is 217 Å². The van der Waals surface area contributed by atoms with E-state index in [1.807, 2.05) is 48.5 Å². The van der Waals surface area contributed by atoms with Crippen LogP contribution in [0.2, 0.25) is 0 Å². The normalized spacial score (nSPS) is 15.2. The van der Waals surface area contributed by atoms with E-state index in [0.717, 1.165) is 28.9 Å². The maximum Gasteiger partial charge on any atom is 0.275 e. The third-order valence-electron chi connectivity index (χ3n) is 5.94. The van der Waals surface area contributed by atoms with E-state index in [1.54, 1.807) is 18.3 Å². The molecule has 6 nitrogen and oxygen atoms in total. The zero-order valence-corrected chi connectivity index (χ0v) is 20.8. The van der Waals surface area contributed by atoms with Crippen molar-refractivity contribution < 1.29 is 9.90 Å². The molecule has 178 valence electrons. The summed E-state index contributed by atoms with van der Waals surface area (Å²) in [5.41, 5.74) is 7.76. The molecule has 7 heteroatoms. The van der Waals surface area contributed by atoms with Gasteiger partial charge >= 0.3 is 0 Å². The molecule has 1 aliphatic rings. The highest BCUT2D eigenvalue weighted by molar-refractivity contribution is 9.10. The second-order valence-electron chi connectivity index (χ2n) is 8.34. The van der Waals surface area contributed by atoms with Crippen LogP contribution < -0.4 is 10.4 Å². The van der Waals surface area contributed by atoms with Gasteiger partial charge in [-0.05, 0) is 47.0 Å². The number of nitrogens with zero attached hydrogens (tertiary/aromatic N) is 3. The van der Waals surface area contributed by atoms with Crippen molar-refractivity contribution in [2.75, 3.05) is 5.01 Å². The number of anilines is 1. The van der Waals surface area contributed by atoms with Gasteiger partial charge in [0.25, 0.3) is 5.91 Å². The Bertz CT molecular complexity index is 1420. The molecule has 0 spiro atoms. The van der Waals surface area contributed by atoms with Crippen LogP contribution >= 0.6 is 15.9 Å². The first-order valence-electron chi connectivity index (χ1n) is 11.5. The number of phenolic OH excluding ortho intramolecular Hbond substituents is 1. The van der Waals surface area contributed by atoms with Crippen LogP contribution in [0, 0.1) is 0 Å². The van der Waals surface area contributed by atoms with Crippen molar-refractivity contribution in [2.24, 2.45) is 10.2 Å². The number of carbonyl (C=O) groups is 1. The molecule has 0 fully saturated rings. The monoisotopic (exact) mass is 538 g/mol. The van der Waals surface area contributed by atoms with Gasteiger partial charge in [0.15, 0.2) is 0 Å². The number of halogens is 1. The van der Waals surface area contributed by atoms with Crippen molar-refractivity contribution in [2.45, 2.75) is 12.5 Å². The Morgan fingerprint density at radius 1 is 0.972 bits per heavy atom. The Balaban J connectivity index is 1.34. The molecular formula is C29H23BrN4O2. The molecule has 1 unspecified atom stereocenters. The minimum absolute atomic E-state index is 0.0954. The number of rotatable bonds is 6. The summed E-state index contributed by atoms with van der Waals surface area (Å²) in [6.07, 6.45) is 2.37. The molecule has 4 aromatic carbocycles. The first-order valence-corrected chi connectivity index (χ1v) is 12.3. The van der Waals surface area contributed by atoms with E-state index in [9.17, 15) is 9.90 Å². The van der Waals surface area contributed by atoms with Crippen molar-refractivity contribution >= 4 is 39.5 Å². The number of benzene rings is 4. The highest BCUT2D eigenvalue weighted by Gasteiger charge is 2.29. The Morgan fingerprint density at radius 3 is 2.39 bits per heavy atom. The fourth-order valence-electron chi connectivity index (χ4n) is 4.12. The van der Waals surface area contributed by atoms with E-state index in [4.69, 9.17) is 5.10 Å². The molecule has 0 bridgehead atoms. The van der Waals surface area contributed by atoms with Crippen molar-refractivity contribution in [3.05, 3.63) is 130 Å². The minimum Gasteiger partial charge on any atom is -0.507 e. The lowest BCUT2D eigenvalue weighted by atomic mass is 9.98. The van der Waals surface area contributed by atoms with Crippen molar-refractivity contribution in [3.63, 3.8) is 0 Å². The summed E-state index contributed by atoms with van der Waals surface area (Å²) in [6.45, 7) is 0. The number of amides is 1. The topological polar surface area (TPSA) is 77.3 Å². The average molecular weight is 539 g/mol. The molecule has 4 aromatic rings. The Hall–Kier alpha value is -4.23. The maximum atomic E-state index is 12.3. The molecule has 1 aliphatic heterocycles. The molecule has 1 heterocycles. The number of hydrazone groups is 2. The molecule has 1 atom stereocenters. The largest absolute Gasteiger partial charge is 0.507 e. The second kappa shape index (κ2) is 10.6. The van der Waals surface area contributed by atoms with Crippen molar-refractivity contribution in [3.8, 4) is 5.75 Å². The minimum atomic E-state index is -0.493. The fourth-order valence-corrected chi connectivity index (χ4v) is 4.48. The Morgan fingerprint density at radius 2 is 1.67 bits per heavy atom. The molecule has 0 saturated carbocycles. The summed E-state index contributed by atoms with van der Waals surface area (Å²) in [5, 5.41) is 21.0. The predicted octanol–water partition coefficient (Wildman–Crippen LogP) is 6.27. The smallest absolute Gasteiger partial charge is 0.275 e. The van der Waals surface area contributed by atoms with Gasteiger partial charge in [-0.25, -0.2) is 5.43 Å². The van der Waals surface area contributed by atoms with Crippen LogP contribution in [0.25, 0.3) is 0 Å². The number of aromatic hydroxyl groups is 1. The number of hydrogen-bond donors (Lipinski definition) is 2. The van der Waals surface area contributed by atoms with Gasteiger partial charge in [0.1, 0.15) is 5.75 Å². The van der Waals surface area contributed by atoms with E-state index in [2.05, 4.69) is 67.9 Å². The van der Waals surface area contributed by atoms with Gasteiger partial charge in [-0.3, -0.25) is 9.80 Å². The molecule has 0 aliphatic carbocycles. The van der Waals surface area contributed by atoms with Crippen molar-refractivity contribution in [1.82, 2.24) is 5.43 Å². The number of nitrogens with one attached hydrogen (secondary N) is 1. The van der Waals surface area contributed by atoms with Gasteiger partial charge in [-0.15, -0.1) is 0 Å². The van der Waals surface area contributed by atoms with Crippen LogP contribution in [0.3, 0.4) is 0 Å². The van der Waals surface area contributed by atoms with E-state index in [0.29, 0.717) is 4.47 Å². The summed E-state index contributed by atoms with van der Waals surface area (Å²) >= 11 is 3.30. The first kappa shape index (κ1) is 23.5. The molecule has 0 saturated heterocycles. The standard InChI is InChI=1S/C29H23BrN4O2/c30-23-13-16-28(35)25(17-23)29(36)32-31-19-20-11-14-24(15-12-20)34-27(22-9-5-2-6-10-22)18-26(33-34)21-7-3-1-4-8-21/h1-17,19,27,35H,18H2,(H,32,36). The lowest BCUT2D eigenvalue weighted by Crippen LogP contribution is -2.18. The summed E-state index contributed by atoms with van der Waals surface area (Å²) in [4.78, 5) is 12.3. The second-order valence-corrected chi connectivity index (χ2v) is 9.26. The molecule has 2 N–H and O–H groups in total. The van der Waals surface area contributed by atoms with Gasteiger partial charge in [0.05, 0.1) is 29.2 Å². The van der Waals surface area contributed by atoms with Crippen LogP contribution in [0.5, 0.6) is 5.75 Å². The van der Waals surface area contributed by atoms with Crippen LogP contribution in [-0.4, -0.2) is 22.9 Å². The summed E-state index contributed by atoms with van der Waals surface area (Å²) in [7, 11) is 0. The third kappa shape index (κ3) is 5.21. The maximum absolute atomic E-state index is 12.3. The van der Waals surface area contributed by atoms with E-state index < -0.39 is 5.91 Å². The van der Waals surface area contributed by atoms with Crippen LogP contribution in [0.15, 0.2) is 118 Å². The number of phenols is 1. The van der Waals surface area contributed by atoms with Gasteiger partial charge < -0.3 is 5.11 Å². The van der Waals surface area contributed by atoms with E-state index >= 15 is 0 Å². The van der Waals surface area contributed by atoms with Crippen LogP contribution in [0.1, 0.15) is 39.5 Å². The molecular weight excluding hydrogens is 516 g/mol. The number of carbonyl (C=O) groups excluding carboxylic acids is 1. The van der Waals surface area contributed by atoms with E-state index in [1.165, 1.54) is 11.6 Å². The lowest BCUT2D eigenvalue weighted by molar-refractivity contribution is 0.0952. The molecule has 36 heavy (non-hydrogen) atoms. The zero-order chi connectivity index (χ0) is 24.9. The SMILES string of the molecule is O=C(NN=Cc1ccc(N2N=C(c3ccccc3)CC2c2ccccc2)cc1)c1cc(Br)ccc1O. The van der Waals surface area contributed by atoms with Gasteiger partial charge in [-0.1, -0.05) is 88.7 Å². The highest BCUT2D eigenvalue weighted by Crippen LogP contribution is 2.36. The zero-order valence-electron chi connectivity index (χ0n) is 19.3. The third-order valence-corrected chi connectivity index (χ3v) is 6.44. The fraction of sp³-hybridized carbons (Fsp3) is 0.0690.